The van der Waals surface area contributed by atoms with Crippen LogP contribution in [0.1, 0.15) is 22.6 Å². The zero-order valence-corrected chi connectivity index (χ0v) is 16.4. The maximum absolute atomic E-state index is 12.7. The number of aryl methyl sites for hydroxylation is 1. The van der Waals surface area contributed by atoms with E-state index in [1.807, 2.05) is 49.8 Å². The third-order valence-electron chi connectivity index (χ3n) is 5.45. The van der Waals surface area contributed by atoms with Gasteiger partial charge in [0.2, 0.25) is 5.91 Å². The van der Waals surface area contributed by atoms with E-state index in [4.69, 9.17) is 0 Å². The molecule has 0 spiro atoms. The average Bonchev–Trinajstić information content (AvgIpc) is 3.38. The summed E-state index contributed by atoms with van der Waals surface area (Å²) < 4.78 is 3.44. The standard InChI is InChI=1S/C22H25N5O2/c1-26-15-18(11-25-26)19-12-23-13-20(19)22(29)24-10-16-5-7-17(8-6-16)14-27-9-3-2-4-21(27)28/h2-9,11,15,19-20,23H,10,12-14H2,1H3,(H,24,29)/t19-,20+/m1/s1. The van der Waals surface area contributed by atoms with E-state index < -0.39 is 0 Å². The van der Waals surface area contributed by atoms with E-state index in [0.717, 1.165) is 23.2 Å². The summed E-state index contributed by atoms with van der Waals surface area (Å²) in [7, 11) is 1.89. The van der Waals surface area contributed by atoms with Gasteiger partial charge >= 0.3 is 0 Å². The predicted octanol–water partition coefficient (Wildman–Crippen LogP) is 1.25. The second kappa shape index (κ2) is 8.45. The molecule has 1 aromatic carbocycles. The number of pyridine rings is 1. The molecule has 1 aliphatic heterocycles. The summed E-state index contributed by atoms with van der Waals surface area (Å²) in [6.07, 6.45) is 5.61. The summed E-state index contributed by atoms with van der Waals surface area (Å²) in [5.74, 6) is 0.113. The molecule has 1 amide bonds. The fourth-order valence-corrected chi connectivity index (χ4v) is 3.81. The van der Waals surface area contributed by atoms with Crippen molar-refractivity contribution in [1.29, 1.82) is 0 Å². The van der Waals surface area contributed by atoms with Gasteiger partial charge in [-0.05, 0) is 22.8 Å². The van der Waals surface area contributed by atoms with E-state index in [9.17, 15) is 9.59 Å². The maximum Gasteiger partial charge on any atom is 0.250 e. The topological polar surface area (TPSA) is 81.0 Å². The van der Waals surface area contributed by atoms with E-state index in [-0.39, 0.29) is 23.3 Å². The number of nitrogens with zero attached hydrogens (tertiary/aromatic N) is 3. The summed E-state index contributed by atoms with van der Waals surface area (Å²) in [6, 6.07) is 13.1. The van der Waals surface area contributed by atoms with Gasteiger partial charge in [-0.2, -0.15) is 5.10 Å². The van der Waals surface area contributed by atoms with E-state index in [2.05, 4.69) is 15.7 Å². The lowest BCUT2D eigenvalue weighted by Crippen LogP contribution is -2.33. The number of amides is 1. The molecule has 0 bridgehead atoms. The Morgan fingerprint density at radius 1 is 1.17 bits per heavy atom. The van der Waals surface area contributed by atoms with Crippen LogP contribution in [0.4, 0.5) is 0 Å². The highest BCUT2D eigenvalue weighted by Crippen LogP contribution is 2.27. The highest BCUT2D eigenvalue weighted by molar-refractivity contribution is 5.80. The van der Waals surface area contributed by atoms with Crippen LogP contribution in [-0.4, -0.2) is 33.3 Å². The van der Waals surface area contributed by atoms with E-state index in [1.165, 1.54) is 0 Å². The fraction of sp³-hybridized carbons (Fsp3) is 0.318. The van der Waals surface area contributed by atoms with Gasteiger partial charge in [0.25, 0.3) is 5.56 Å². The van der Waals surface area contributed by atoms with Crippen LogP contribution in [0.2, 0.25) is 0 Å². The van der Waals surface area contributed by atoms with Crippen LogP contribution in [0.5, 0.6) is 0 Å². The van der Waals surface area contributed by atoms with Gasteiger partial charge in [-0.15, -0.1) is 0 Å². The smallest absolute Gasteiger partial charge is 0.250 e. The molecule has 1 saturated heterocycles. The summed E-state index contributed by atoms with van der Waals surface area (Å²) in [4.78, 5) is 24.6. The maximum atomic E-state index is 12.7. The van der Waals surface area contributed by atoms with Gasteiger partial charge in [0, 0.05) is 51.1 Å². The molecule has 2 N–H and O–H groups in total. The van der Waals surface area contributed by atoms with E-state index in [1.54, 1.807) is 27.6 Å². The first kappa shape index (κ1) is 19.1. The van der Waals surface area contributed by atoms with Crippen molar-refractivity contribution in [3.05, 3.63) is 88.1 Å². The molecular weight excluding hydrogens is 366 g/mol. The van der Waals surface area contributed by atoms with Crippen LogP contribution in [0.25, 0.3) is 0 Å². The van der Waals surface area contributed by atoms with E-state index >= 15 is 0 Å². The van der Waals surface area contributed by atoms with Gasteiger partial charge in [-0.25, -0.2) is 0 Å². The van der Waals surface area contributed by atoms with Crippen molar-refractivity contribution in [3.8, 4) is 0 Å². The Labute approximate surface area is 169 Å². The molecular formula is C22H25N5O2. The Morgan fingerprint density at radius 3 is 2.69 bits per heavy atom. The third-order valence-corrected chi connectivity index (χ3v) is 5.45. The first-order valence-electron chi connectivity index (χ1n) is 9.80. The Hall–Kier alpha value is -3.19. The molecule has 7 nitrogen and oxygen atoms in total. The zero-order valence-electron chi connectivity index (χ0n) is 16.4. The SMILES string of the molecule is Cn1cc([C@H]2CNC[C@@H]2C(=O)NCc2ccc(Cn3ccccc3=O)cc2)cn1. The third kappa shape index (κ3) is 4.46. The average molecular weight is 391 g/mol. The van der Waals surface area contributed by atoms with Crippen molar-refractivity contribution < 1.29 is 4.79 Å². The number of hydrogen-bond acceptors (Lipinski definition) is 4. The molecule has 29 heavy (non-hydrogen) atoms. The lowest BCUT2D eigenvalue weighted by atomic mass is 9.90. The summed E-state index contributed by atoms with van der Waals surface area (Å²) in [6.45, 7) is 2.49. The summed E-state index contributed by atoms with van der Waals surface area (Å²) in [5, 5.41) is 10.6. The van der Waals surface area contributed by atoms with Crippen molar-refractivity contribution in [3.63, 3.8) is 0 Å². The van der Waals surface area contributed by atoms with Crippen LogP contribution >= 0.6 is 0 Å². The molecule has 1 fully saturated rings. The molecule has 1 aliphatic rings. The first-order chi connectivity index (χ1) is 14.1. The molecule has 150 valence electrons. The second-order valence-electron chi connectivity index (χ2n) is 7.52. The molecule has 0 unspecified atom stereocenters. The number of hydrogen-bond donors (Lipinski definition) is 2. The Kier molecular flexibility index (Phi) is 5.57. The van der Waals surface area contributed by atoms with Crippen LogP contribution in [0, 0.1) is 5.92 Å². The number of aromatic nitrogens is 3. The van der Waals surface area contributed by atoms with Gasteiger partial charge in [0.15, 0.2) is 0 Å². The molecule has 2 atom stereocenters. The number of benzene rings is 1. The minimum absolute atomic E-state index is 0.0165. The highest BCUT2D eigenvalue weighted by atomic mass is 16.2. The molecule has 0 radical (unpaired) electrons. The number of rotatable bonds is 6. The Balaban J connectivity index is 1.34. The monoisotopic (exact) mass is 391 g/mol. The van der Waals surface area contributed by atoms with E-state index in [0.29, 0.717) is 19.6 Å². The zero-order chi connectivity index (χ0) is 20.2. The van der Waals surface area contributed by atoms with Crippen LogP contribution in [-0.2, 0) is 24.9 Å². The second-order valence-corrected chi connectivity index (χ2v) is 7.52. The first-order valence-corrected chi connectivity index (χ1v) is 9.80. The molecule has 0 saturated carbocycles. The molecule has 3 aromatic rings. The normalized spacial score (nSPS) is 18.7. The van der Waals surface area contributed by atoms with Gasteiger partial charge in [-0.1, -0.05) is 30.3 Å². The van der Waals surface area contributed by atoms with Crippen molar-refractivity contribution in [1.82, 2.24) is 25.0 Å². The molecule has 4 rings (SSSR count). The largest absolute Gasteiger partial charge is 0.352 e. The van der Waals surface area contributed by atoms with Crippen molar-refractivity contribution >= 4 is 5.91 Å². The van der Waals surface area contributed by atoms with Gasteiger partial charge < -0.3 is 15.2 Å². The quantitative estimate of drug-likeness (QED) is 0.663. The van der Waals surface area contributed by atoms with Gasteiger partial charge in [0.1, 0.15) is 0 Å². The van der Waals surface area contributed by atoms with Gasteiger partial charge in [0.05, 0.1) is 18.7 Å². The number of carbonyl (C=O) groups excluding carboxylic acids is 1. The lowest BCUT2D eigenvalue weighted by molar-refractivity contribution is -0.125. The Bertz CT molecular complexity index is 1040. The van der Waals surface area contributed by atoms with Crippen LogP contribution in [0.15, 0.2) is 65.8 Å². The lowest BCUT2D eigenvalue weighted by Gasteiger charge is -2.17. The van der Waals surface area contributed by atoms with Crippen LogP contribution in [0.3, 0.4) is 0 Å². The Morgan fingerprint density at radius 2 is 1.97 bits per heavy atom. The molecule has 7 heteroatoms. The van der Waals surface area contributed by atoms with Gasteiger partial charge in [-0.3, -0.25) is 14.3 Å². The fourth-order valence-electron chi connectivity index (χ4n) is 3.81. The number of carbonyl (C=O) groups is 1. The molecule has 2 aromatic heterocycles. The minimum Gasteiger partial charge on any atom is -0.352 e. The predicted molar refractivity (Wildman–Crippen MR) is 110 cm³/mol. The highest BCUT2D eigenvalue weighted by Gasteiger charge is 2.34. The van der Waals surface area contributed by atoms with Crippen LogP contribution < -0.4 is 16.2 Å². The molecule has 3 heterocycles. The van der Waals surface area contributed by atoms with Crippen molar-refractivity contribution in [2.24, 2.45) is 13.0 Å². The molecule has 0 aliphatic carbocycles. The van der Waals surface area contributed by atoms with Crippen molar-refractivity contribution in [2.75, 3.05) is 13.1 Å². The summed E-state index contributed by atoms with van der Waals surface area (Å²) >= 11 is 0. The number of nitrogens with one attached hydrogen (secondary N) is 2. The minimum atomic E-state index is -0.0940. The summed E-state index contributed by atoms with van der Waals surface area (Å²) in [5.41, 5.74) is 3.16. The van der Waals surface area contributed by atoms with Crippen molar-refractivity contribution in [2.45, 2.75) is 19.0 Å².